The zero-order valence-electron chi connectivity index (χ0n) is 10.0. The van der Waals surface area contributed by atoms with Crippen LogP contribution in [0.15, 0.2) is 22.9 Å². The Hall–Kier alpha value is -0.450. The number of methoxy groups -OCH3 is 1. The van der Waals surface area contributed by atoms with Crippen molar-refractivity contribution in [2.75, 3.05) is 13.7 Å². The molecule has 0 fully saturated rings. The van der Waals surface area contributed by atoms with Crippen molar-refractivity contribution in [3.05, 3.63) is 28.5 Å². The van der Waals surface area contributed by atoms with Crippen LogP contribution in [0, 0.1) is 0 Å². The van der Waals surface area contributed by atoms with Gasteiger partial charge in [-0.3, -0.25) is 4.98 Å². The summed E-state index contributed by atoms with van der Waals surface area (Å²) in [7, 11) is 1.74. The SMILES string of the molecule is CCNC(Cc1cncc(Br)c1)C(C)OC. The Morgan fingerprint density at radius 1 is 1.50 bits per heavy atom. The van der Waals surface area contributed by atoms with Crippen LogP contribution in [-0.2, 0) is 11.2 Å². The Morgan fingerprint density at radius 3 is 2.81 bits per heavy atom. The summed E-state index contributed by atoms with van der Waals surface area (Å²) in [6, 6.07) is 2.42. The molecule has 90 valence electrons. The van der Waals surface area contributed by atoms with Gasteiger partial charge in [-0.05, 0) is 47.4 Å². The van der Waals surface area contributed by atoms with E-state index in [-0.39, 0.29) is 6.10 Å². The largest absolute Gasteiger partial charge is 0.380 e. The number of nitrogens with zero attached hydrogens (tertiary/aromatic N) is 1. The van der Waals surface area contributed by atoms with Crippen LogP contribution in [0.5, 0.6) is 0 Å². The molecule has 0 saturated heterocycles. The highest BCUT2D eigenvalue weighted by Gasteiger charge is 2.16. The van der Waals surface area contributed by atoms with Crippen LogP contribution < -0.4 is 5.32 Å². The molecule has 0 aliphatic heterocycles. The maximum Gasteiger partial charge on any atom is 0.0699 e. The average Bonchev–Trinajstić information content (AvgIpc) is 2.27. The third kappa shape index (κ3) is 4.20. The molecule has 1 aromatic rings. The van der Waals surface area contributed by atoms with Crippen LogP contribution >= 0.6 is 15.9 Å². The van der Waals surface area contributed by atoms with Gasteiger partial charge in [0.2, 0.25) is 0 Å². The maximum absolute atomic E-state index is 5.37. The summed E-state index contributed by atoms with van der Waals surface area (Å²) in [5, 5.41) is 3.43. The molecule has 0 aromatic carbocycles. The minimum atomic E-state index is 0.193. The van der Waals surface area contributed by atoms with Gasteiger partial charge in [-0.25, -0.2) is 0 Å². The van der Waals surface area contributed by atoms with Crippen LogP contribution in [0.4, 0.5) is 0 Å². The number of nitrogens with one attached hydrogen (secondary N) is 1. The molecule has 16 heavy (non-hydrogen) atoms. The van der Waals surface area contributed by atoms with Crippen LogP contribution in [0.1, 0.15) is 19.4 Å². The predicted molar refractivity (Wildman–Crippen MR) is 69.6 cm³/mol. The van der Waals surface area contributed by atoms with Gasteiger partial charge in [0.25, 0.3) is 0 Å². The van der Waals surface area contributed by atoms with E-state index >= 15 is 0 Å². The predicted octanol–water partition coefficient (Wildman–Crippen LogP) is 2.40. The van der Waals surface area contributed by atoms with Crippen molar-refractivity contribution in [3.63, 3.8) is 0 Å². The molecule has 0 radical (unpaired) electrons. The number of pyridine rings is 1. The average molecular weight is 287 g/mol. The van der Waals surface area contributed by atoms with Gasteiger partial charge in [0.05, 0.1) is 6.10 Å². The van der Waals surface area contributed by atoms with Crippen LogP contribution in [-0.4, -0.2) is 30.8 Å². The third-order valence-electron chi connectivity index (χ3n) is 2.62. The monoisotopic (exact) mass is 286 g/mol. The highest BCUT2D eigenvalue weighted by Crippen LogP contribution is 2.13. The molecule has 0 aliphatic carbocycles. The fourth-order valence-corrected chi connectivity index (χ4v) is 2.06. The Kier molecular flexibility index (Phi) is 5.95. The van der Waals surface area contributed by atoms with Crippen LogP contribution in [0.2, 0.25) is 0 Å². The fourth-order valence-electron chi connectivity index (χ4n) is 1.65. The smallest absolute Gasteiger partial charge is 0.0699 e. The van der Waals surface area contributed by atoms with E-state index in [4.69, 9.17) is 4.74 Å². The highest BCUT2D eigenvalue weighted by atomic mass is 79.9. The zero-order valence-corrected chi connectivity index (χ0v) is 11.6. The lowest BCUT2D eigenvalue weighted by atomic mass is 10.0. The first-order chi connectivity index (χ1) is 7.67. The number of rotatable bonds is 6. The van der Waals surface area contributed by atoms with E-state index in [1.807, 2.05) is 6.20 Å². The summed E-state index contributed by atoms with van der Waals surface area (Å²) >= 11 is 3.43. The minimum absolute atomic E-state index is 0.193. The van der Waals surface area contributed by atoms with E-state index < -0.39 is 0 Å². The molecule has 0 amide bonds. The van der Waals surface area contributed by atoms with Crippen molar-refractivity contribution in [2.24, 2.45) is 0 Å². The number of hydrogen-bond acceptors (Lipinski definition) is 3. The van der Waals surface area contributed by atoms with E-state index in [2.05, 4.69) is 46.1 Å². The van der Waals surface area contributed by atoms with E-state index in [0.29, 0.717) is 6.04 Å². The number of ether oxygens (including phenoxy) is 1. The number of likely N-dealkylation sites (N-methyl/N-ethyl adjacent to an activating group) is 1. The van der Waals surface area contributed by atoms with Crippen molar-refractivity contribution in [2.45, 2.75) is 32.4 Å². The molecule has 4 heteroatoms. The summed E-state index contributed by atoms with van der Waals surface area (Å²) in [4.78, 5) is 4.17. The van der Waals surface area contributed by atoms with E-state index in [0.717, 1.165) is 17.4 Å². The zero-order chi connectivity index (χ0) is 12.0. The van der Waals surface area contributed by atoms with Gasteiger partial charge in [-0.2, -0.15) is 0 Å². The van der Waals surface area contributed by atoms with Crippen LogP contribution in [0.3, 0.4) is 0 Å². The van der Waals surface area contributed by atoms with Gasteiger partial charge < -0.3 is 10.1 Å². The molecule has 2 unspecified atom stereocenters. The standard InChI is InChI=1S/C12H19BrN2O/c1-4-15-12(9(2)16-3)6-10-5-11(13)8-14-7-10/h5,7-9,12,15H,4,6H2,1-3H3. The molecule has 1 rings (SSSR count). The molecule has 2 atom stereocenters. The minimum Gasteiger partial charge on any atom is -0.380 e. The molecular weight excluding hydrogens is 268 g/mol. The molecule has 0 aliphatic rings. The topological polar surface area (TPSA) is 34.2 Å². The second-order valence-corrected chi connectivity index (χ2v) is 4.74. The molecule has 0 saturated carbocycles. The Balaban J connectivity index is 2.67. The van der Waals surface area contributed by atoms with Gasteiger partial charge >= 0.3 is 0 Å². The normalized spacial score (nSPS) is 14.8. The van der Waals surface area contributed by atoms with E-state index in [1.165, 1.54) is 5.56 Å². The van der Waals surface area contributed by atoms with Crippen molar-refractivity contribution >= 4 is 15.9 Å². The second kappa shape index (κ2) is 6.99. The Morgan fingerprint density at radius 2 is 2.25 bits per heavy atom. The number of aromatic nitrogens is 1. The van der Waals surface area contributed by atoms with E-state index in [1.54, 1.807) is 13.3 Å². The molecule has 0 spiro atoms. The van der Waals surface area contributed by atoms with Gasteiger partial charge in [0.1, 0.15) is 0 Å². The second-order valence-electron chi connectivity index (χ2n) is 3.82. The Bertz CT molecular complexity index is 320. The number of hydrogen-bond donors (Lipinski definition) is 1. The van der Waals surface area contributed by atoms with Gasteiger partial charge in [0.15, 0.2) is 0 Å². The first kappa shape index (κ1) is 13.6. The summed E-state index contributed by atoms with van der Waals surface area (Å²) in [6.45, 7) is 5.13. The first-order valence-electron chi connectivity index (χ1n) is 5.53. The maximum atomic E-state index is 5.37. The van der Waals surface area contributed by atoms with Crippen molar-refractivity contribution < 1.29 is 4.74 Å². The lowest BCUT2D eigenvalue weighted by molar-refractivity contribution is 0.0836. The van der Waals surface area contributed by atoms with Gasteiger partial charge in [0, 0.05) is 30.0 Å². The van der Waals surface area contributed by atoms with Crippen molar-refractivity contribution in [1.29, 1.82) is 0 Å². The lowest BCUT2D eigenvalue weighted by Crippen LogP contribution is -2.41. The quantitative estimate of drug-likeness (QED) is 0.872. The van der Waals surface area contributed by atoms with Gasteiger partial charge in [-0.1, -0.05) is 6.92 Å². The summed E-state index contributed by atoms with van der Waals surface area (Å²) in [6.07, 6.45) is 4.82. The summed E-state index contributed by atoms with van der Waals surface area (Å²) in [5.74, 6) is 0. The molecule has 1 aromatic heterocycles. The lowest BCUT2D eigenvalue weighted by Gasteiger charge is -2.23. The van der Waals surface area contributed by atoms with Crippen LogP contribution in [0.25, 0.3) is 0 Å². The molecular formula is C12H19BrN2O. The first-order valence-corrected chi connectivity index (χ1v) is 6.32. The summed E-state index contributed by atoms with van der Waals surface area (Å²) < 4.78 is 6.39. The summed E-state index contributed by atoms with van der Waals surface area (Å²) in [5.41, 5.74) is 1.21. The van der Waals surface area contributed by atoms with Crippen molar-refractivity contribution in [3.8, 4) is 0 Å². The molecule has 1 N–H and O–H groups in total. The molecule has 0 bridgehead atoms. The molecule has 1 heterocycles. The number of halogens is 1. The van der Waals surface area contributed by atoms with Gasteiger partial charge in [-0.15, -0.1) is 0 Å². The third-order valence-corrected chi connectivity index (χ3v) is 3.06. The highest BCUT2D eigenvalue weighted by molar-refractivity contribution is 9.10. The van der Waals surface area contributed by atoms with E-state index in [9.17, 15) is 0 Å². The molecule has 3 nitrogen and oxygen atoms in total. The Labute approximate surface area is 106 Å². The fraction of sp³-hybridized carbons (Fsp3) is 0.583. The van der Waals surface area contributed by atoms with Crippen molar-refractivity contribution in [1.82, 2.24) is 10.3 Å².